The highest BCUT2D eigenvalue weighted by Crippen LogP contribution is 2.27. The minimum absolute atomic E-state index is 0.230. The van der Waals surface area contributed by atoms with Crippen molar-refractivity contribution in [3.8, 4) is 0 Å². The molecule has 1 saturated heterocycles. The molecule has 2 rings (SSSR count). The van der Waals surface area contributed by atoms with Crippen molar-refractivity contribution >= 4 is 21.6 Å². The van der Waals surface area contributed by atoms with Gasteiger partial charge in [0.2, 0.25) is 10.0 Å². The summed E-state index contributed by atoms with van der Waals surface area (Å²) in [5.41, 5.74) is 0.922. The van der Waals surface area contributed by atoms with Crippen LogP contribution in [0, 0.1) is 0 Å². The van der Waals surface area contributed by atoms with Gasteiger partial charge in [0.15, 0.2) is 0 Å². The molecule has 1 aromatic rings. The second-order valence-corrected chi connectivity index (χ2v) is 7.43. The van der Waals surface area contributed by atoms with Gasteiger partial charge in [0.1, 0.15) is 4.90 Å². The Balaban J connectivity index is 2.34. The van der Waals surface area contributed by atoms with Gasteiger partial charge in [-0.2, -0.15) is 4.31 Å². The fourth-order valence-electron chi connectivity index (χ4n) is 2.48. The van der Waals surface area contributed by atoms with Gasteiger partial charge in [-0.3, -0.25) is 0 Å². The van der Waals surface area contributed by atoms with E-state index in [0.29, 0.717) is 24.7 Å². The molecule has 4 nitrogen and oxygen atoms in total. The number of sulfonamides is 1. The van der Waals surface area contributed by atoms with E-state index in [1.807, 2.05) is 13.1 Å². The van der Waals surface area contributed by atoms with Crippen molar-refractivity contribution < 1.29 is 8.42 Å². The van der Waals surface area contributed by atoms with E-state index in [0.717, 1.165) is 31.2 Å². The van der Waals surface area contributed by atoms with E-state index >= 15 is 0 Å². The largest absolute Gasteiger partial charge is 0.316 e. The topological polar surface area (TPSA) is 49.4 Å². The van der Waals surface area contributed by atoms with E-state index < -0.39 is 10.0 Å². The molecule has 0 saturated carbocycles. The Labute approximate surface area is 126 Å². The lowest BCUT2D eigenvalue weighted by atomic mass is 10.2. The number of hydrogen-bond donors (Lipinski definition) is 1. The molecule has 0 aliphatic carbocycles. The predicted molar refractivity (Wildman–Crippen MR) is 81.4 cm³/mol. The molecule has 1 aliphatic rings. The van der Waals surface area contributed by atoms with Crippen LogP contribution in [0.15, 0.2) is 23.1 Å². The van der Waals surface area contributed by atoms with Gasteiger partial charge in [-0.15, -0.1) is 0 Å². The lowest BCUT2D eigenvalue weighted by Gasteiger charge is -2.21. The molecule has 1 fully saturated rings. The molecule has 1 heterocycles. The van der Waals surface area contributed by atoms with Crippen molar-refractivity contribution in [1.82, 2.24) is 9.62 Å². The first-order valence-corrected chi connectivity index (χ1v) is 8.80. The summed E-state index contributed by atoms with van der Waals surface area (Å²) in [5, 5.41) is 3.32. The molecule has 1 aromatic carbocycles. The van der Waals surface area contributed by atoms with Crippen LogP contribution in [-0.2, 0) is 16.6 Å². The molecule has 1 aliphatic heterocycles. The Morgan fingerprint density at radius 2 is 1.85 bits per heavy atom. The van der Waals surface area contributed by atoms with Gasteiger partial charge in [0.05, 0.1) is 5.02 Å². The third kappa shape index (κ3) is 3.52. The van der Waals surface area contributed by atoms with E-state index in [1.54, 1.807) is 16.4 Å². The smallest absolute Gasteiger partial charge is 0.244 e. The second kappa shape index (κ2) is 6.89. The van der Waals surface area contributed by atoms with Crippen LogP contribution in [0.1, 0.15) is 31.2 Å². The van der Waals surface area contributed by atoms with Crippen LogP contribution in [0.2, 0.25) is 5.02 Å². The third-order valence-electron chi connectivity index (χ3n) is 3.56. The van der Waals surface area contributed by atoms with Gasteiger partial charge in [-0.1, -0.05) is 30.5 Å². The van der Waals surface area contributed by atoms with Crippen LogP contribution in [0.25, 0.3) is 0 Å². The minimum Gasteiger partial charge on any atom is -0.316 e. The number of halogens is 1. The number of benzene rings is 1. The lowest BCUT2D eigenvalue weighted by Crippen LogP contribution is -2.32. The monoisotopic (exact) mass is 316 g/mol. The molecule has 0 radical (unpaired) electrons. The second-order valence-electron chi connectivity index (χ2n) is 5.11. The SMILES string of the molecule is CNCc1ccc(Cl)c(S(=O)(=O)N2CCCCCC2)c1. The van der Waals surface area contributed by atoms with Crippen molar-refractivity contribution in [3.63, 3.8) is 0 Å². The molecule has 0 bridgehead atoms. The lowest BCUT2D eigenvalue weighted by molar-refractivity contribution is 0.423. The average molecular weight is 317 g/mol. The predicted octanol–water partition coefficient (Wildman–Crippen LogP) is 2.62. The first-order chi connectivity index (χ1) is 9.55. The molecule has 0 spiro atoms. The number of rotatable bonds is 4. The molecular formula is C14H21ClN2O2S. The maximum atomic E-state index is 12.7. The summed E-state index contributed by atoms with van der Waals surface area (Å²) in [6, 6.07) is 5.19. The van der Waals surface area contributed by atoms with Crippen molar-refractivity contribution in [3.05, 3.63) is 28.8 Å². The van der Waals surface area contributed by atoms with Crippen LogP contribution in [-0.4, -0.2) is 32.9 Å². The van der Waals surface area contributed by atoms with Crippen molar-refractivity contribution in [1.29, 1.82) is 0 Å². The summed E-state index contributed by atoms with van der Waals surface area (Å²) in [5.74, 6) is 0. The first-order valence-electron chi connectivity index (χ1n) is 6.99. The molecule has 6 heteroatoms. The molecule has 112 valence electrons. The maximum absolute atomic E-state index is 12.7. The Kier molecular flexibility index (Phi) is 5.43. The normalized spacial score (nSPS) is 17.9. The zero-order chi connectivity index (χ0) is 14.6. The highest BCUT2D eigenvalue weighted by atomic mass is 35.5. The number of nitrogens with zero attached hydrogens (tertiary/aromatic N) is 1. The standard InChI is InChI=1S/C14H21ClN2O2S/c1-16-11-12-6-7-13(15)14(10-12)20(18,19)17-8-4-2-3-5-9-17/h6-7,10,16H,2-5,8-9,11H2,1H3. The molecule has 1 N–H and O–H groups in total. The molecule has 0 unspecified atom stereocenters. The average Bonchev–Trinajstić information content (AvgIpc) is 2.70. The summed E-state index contributed by atoms with van der Waals surface area (Å²) < 4.78 is 27.1. The zero-order valence-electron chi connectivity index (χ0n) is 11.7. The molecule has 0 amide bonds. The summed E-state index contributed by atoms with van der Waals surface area (Å²) in [4.78, 5) is 0.230. The van der Waals surface area contributed by atoms with Gasteiger partial charge >= 0.3 is 0 Å². The van der Waals surface area contributed by atoms with Crippen LogP contribution in [0.3, 0.4) is 0 Å². The maximum Gasteiger partial charge on any atom is 0.244 e. The summed E-state index contributed by atoms with van der Waals surface area (Å²) in [6.07, 6.45) is 4.04. The van der Waals surface area contributed by atoms with Crippen LogP contribution in [0.4, 0.5) is 0 Å². The Hall–Kier alpha value is -0.620. The Bertz CT molecular complexity index is 552. The first kappa shape index (κ1) is 15.8. The van der Waals surface area contributed by atoms with Gasteiger partial charge in [0.25, 0.3) is 0 Å². The van der Waals surface area contributed by atoms with E-state index in [2.05, 4.69) is 5.32 Å². The minimum atomic E-state index is -3.48. The highest BCUT2D eigenvalue weighted by molar-refractivity contribution is 7.89. The van der Waals surface area contributed by atoms with Gasteiger partial charge < -0.3 is 5.32 Å². The van der Waals surface area contributed by atoms with E-state index in [4.69, 9.17) is 11.6 Å². The van der Waals surface area contributed by atoms with E-state index in [9.17, 15) is 8.42 Å². The van der Waals surface area contributed by atoms with E-state index in [1.165, 1.54) is 0 Å². The molecule has 0 aromatic heterocycles. The van der Waals surface area contributed by atoms with Crippen LogP contribution >= 0.6 is 11.6 Å². The third-order valence-corrected chi connectivity index (χ3v) is 5.94. The number of hydrogen-bond acceptors (Lipinski definition) is 3. The fraction of sp³-hybridized carbons (Fsp3) is 0.571. The van der Waals surface area contributed by atoms with Crippen LogP contribution < -0.4 is 5.32 Å². The van der Waals surface area contributed by atoms with Gasteiger partial charge in [-0.05, 0) is 37.6 Å². The summed E-state index contributed by atoms with van der Waals surface area (Å²) in [7, 11) is -1.65. The molecule has 0 atom stereocenters. The Morgan fingerprint density at radius 1 is 1.20 bits per heavy atom. The summed E-state index contributed by atoms with van der Waals surface area (Å²) in [6.45, 7) is 1.81. The fourth-order valence-corrected chi connectivity index (χ4v) is 4.52. The van der Waals surface area contributed by atoms with Gasteiger partial charge in [-0.25, -0.2) is 8.42 Å². The zero-order valence-corrected chi connectivity index (χ0v) is 13.3. The van der Waals surface area contributed by atoms with Crippen LogP contribution in [0.5, 0.6) is 0 Å². The highest BCUT2D eigenvalue weighted by Gasteiger charge is 2.27. The summed E-state index contributed by atoms with van der Waals surface area (Å²) >= 11 is 6.11. The molecular weight excluding hydrogens is 296 g/mol. The van der Waals surface area contributed by atoms with Crippen molar-refractivity contribution in [2.45, 2.75) is 37.1 Å². The van der Waals surface area contributed by atoms with Crippen molar-refractivity contribution in [2.75, 3.05) is 20.1 Å². The van der Waals surface area contributed by atoms with Gasteiger partial charge in [0, 0.05) is 19.6 Å². The molecule has 20 heavy (non-hydrogen) atoms. The Morgan fingerprint density at radius 3 is 2.45 bits per heavy atom. The van der Waals surface area contributed by atoms with E-state index in [-0.39, 0.29) is 4.90 Å². The quantitative estimate of drug-likeness (QED) is 0.929. The number of nitrogens with one attached hydrogen (secondary N) is 1. The van der Waals surface area contributed by atoms with Crippen molar-refractivity contribution in [2.24, 2.45) is 0 Å².